The number of nitrogens with one attached hydrogen (secondary N) is 2. The summed E-state index contributed by atoms with van der Waals surface area (Å²) in [5, 5.41) is 6.42. The molecule has 9 heteroatoms. The van der Waals surface area contributed by atoms with Crippen molar-refractivity contribution >= 4 is 29.9 Å². The Morgan fingerprint density at radius 2 is 1.84 bits per heavy atom. The normalized spacial score (nSPS) is 11.2. The maximum atomic E-state index is 12.7. The van der Waals surface area contributed by atoms with Gasteiger partial charge in [-0.3, -0.25) is 4.99 Å². The third-order valence-corrected chi connectivity index (χ3v) is 4.83. The van der Waals surface area contributed by atoms with Crippen LogP contribution in [-0.2, 0) is 19.6 Å². The van der Waals surface area contributed by atoms with Crippen molar-refractivity contribution in [2.75, 3.05) is 7.05 Å². The number of hydrogen-bond acceptors (Lipinski definition) is 3. The Bertz CT molecular complexity index is 1040. The SMILES string of the molecule is CN=C(NCc1cccc(Cn2ccnc2C)c1)NCc1cc(C)ccc1OC(F)F.I. The topological polar surface area (TPSA) is 63.5 Å². The standard InChI is InChI=1S/C23H27F2N5O.HI/c1-16-7-8-21(31-22(24)25)20(11-16)14-29-23(26-3)28-13-18-5-4-6-19(12-18)15-30-10-9-27-17(30)2;/h4-12,22H,13-15H2,1-3H3,(H2,26,28,29);1H. The highest BCUT2D eigenvalue weighted by Crippen LogP contribution is 2.22. The van der Waals surface area contributed by atoms with E-state index in [0.717, 1.165) is 23.5 Å². The van der Waals surface area contributed by atoms with E-state index < -0.39 is 6.61 Å². The summed E-state index contributed by atoms with van der Waals surface area (Å²) in [6.45, 7) is 2.66. The number of nitrogens with zero attached hydrogens (tertiary/aromatic N) is 3. The molecule has 0 unspecified atom stereocenters. The molecule has 0 aliphatic carbocycles. The Morgan fingerprint density at radius 3 is 2.53 bits per heavy atom. The van der Waals surface area contributed by atoms with E-state index in [1.165, 1.54) is 5.56 Å². The molecule has 1 heterocycles. The Morgan fingerprint density at radius 1 is 1.09 bits per heavy atom. The summed E-state index contributed by atoms with van der Waals surface area (Å²) in [5.74, 6) is 1.70. The van der Waals surface area contributed by atoms with E-state index >= 15 is 0 Å². The van der Waals surface area contributed by atoms with Crippen LogP contribution in [0.3, 0.4) is 0 Å². The Balaban J connectivity index is 0.00000363. The first kappa shape index (κ1) is 25.6. The number of benzene rings is 2. The molecule has 0 aliphatic rings. The van der Waals surface area contributed by atoms with Crippen LogP contribution in [0, 0.1) is 13.8 Å². The largest absolute Gasteiger partial charge is 0.434 e. The number of rotatable bonds is 8. The number of alkyl halides is 2. The van der Waals surface area contributed by atoms with E-state index in [1.54, 1.807) is 25.4 Å². The van der Waals surface area contributed by atoms with Crippen LogP contribution in [0.1, 0.15) is 28.1 Å². The maximum Gasteiger partial charge on any atom is 0.387 e. The molecule has 0 spiro atoms. The highest BCUT2D eigenvalue weighted by Gasteiger charge is 2.10. The predicted octanol–water partition coefficient (Wildman–Crippen LogP) is 4.63. The molecule has 0 aliphatic heterocycles. The van der Waals surface area contributed by atoms with Gasteiger partial charge in [-0.25, -0.2) is 4.98 Å². The second-order valence-electron chi connectivity index (χ2n) is 7.19. The molecule has 6 nitrogen and oxygen atoms in total. The van der Waals surface area contributed by atoms with Crippen molar-refractivity contribution in [1.29, 1.82) is 0 Å². The molecule has 1 aromatic heterocycles. The van der Waals surface area contributed by atoms with Gasteiger partial charge in [-0.1, -0.05) is 42.0 Å². The molecule has 0 saturated carbocycles. The van der Waals surface area contributed by atoms with Gasteiger partial charge in [0.05, 0.1) is 0 Å². The number of guanidine groups is 1. The Labute approximate surface area is 204 Å². The van der Waals surface area contributed by atoms with Crippen molar-refractivity contribution in [3.8, 4) is 5.75 Å². The van der Waals surface area contributed by atoms with Crippen molar-refractivity contribution in [1.82, 2.24) is 20.2 Å². The van der Waals surface area contributed by atoms with Gasteiger partial charge in [0.1, 0.15) is 11.6 Å². The fourth-order valence-electron chi connectivity index (χ4n) is 3.25. The van der Waals surface area contributed by atoms with Crippen molar-refractivity contribution in [3.05, 3.63) is 82.9 Å². The number of ether oxygens (including phenoxy) is 1. The van der Waals surface area contributed by atoms with Crippen LogP contribution in [-0.4, -0.2) is 29.2 Å². The van der Waals surface area contributed by atoms with Gasteiger partial charge < -0.3 is 19.9 Å². The zero-order chi connectivity index (χ0) is 22.2. The van der Waals surface area contributed by atoms with Crippen molar-refractivity contribution in [2.45, 2.75) is 40.1 Å². The molecule has 32 heavy (non-hydrogen) atoms. The first-order chi connectivity index (χ1) is 14.9. The van der Waals surface area contributed by atoms with Crippen molar-refractivity contribution in [3.63, 3.8) is 0 Å². The number of hydrogen-bond donors (Lipinski definition) is 2. The molecule has 0 atom stereocenters. The number of aliphatic imine (C=N–C) groups is 1. The monoisotopic (exact) mass is 555 g/mol. The number of aromatic nitrogens is 2. The van der Waals surface area contributed by atoms with Gasteiger partial charge in [0.15, 0.2) is 5.96 Å². The van der Waals surface area contributed by atoms with Gasteiger partial charge >= 0.3 is 6.61 Å². The molecule has 2 N–H and O–H groups in total. The van der Waals surface area contributed by atoms with E-state index in [9.17, 15) is 8.78 Å². The molecule has 3 rings (SSSR count). The average molecular weight is 555 g/mol. The van der Waals surface area contributed by atoms with E-state index in [-0.39, 0.29) is 29.7 Å². The first-order valence-corrected chi connectivity index (χ1v) is 9.99. The van der Waals surface area contributed by atoms with E-state index in [2.05, 4.69) is 42.0 Å². The van der Waals surface area contributed by atoms with E-state index in [4.69, 9.17) is 0 Å². The zero-order valence-corrected chi connectivity index (χ0v) is 20.6. The van der Waals surface area contributed by atoms with E-state index in [0.29, 0.717) is 24.6 Å². The third kappa shape index (κ3) is 7.47. The summed E-state index contributed by atoms with van der Waals surface area (Å²) in [6.07, 6.45) is 3.76. The van der Waals surface area contributed by atoms with Gasteiger partial charge in [0.25, 0.3) is 0 Å². The highest BCUT2D eigenvalue weighted by molar-refractivity contribution is 14.0. The van der Waals surface area contributed by atoms with Gasteiger partial charge in [-0.2, -0.15) is 8.78 Å². The molecule has 0 fully saturated rings. The second-order valence-corrected chi connectivity index (χ2v) is 7.19. The molecule has 3 aromatic rings. The number of imidazole rings is 1. The van der Waals surface area contributed by atoms with Crippen LogP contribution in [0.15, 0.2) is 59.9 Å². The Kier molecular flexibility index (Phi) is 9.89. The summed E-state index contributed by atoms with van der Waals surface area (Å²) >= 11 is 0. The van der Waals surface area contributed by atoms with Crippen LogP contribution in [0.4, 0.5) is 8.78 Å². The number of aryl methyl sites for hydroxylation is 2. The maximum absolute atomic E-state index is 12.7. The third-order valence-electron chi connectivity index (χ3n) is 4.83. The minimum atomic E-state index is -2.86. The molecule has 0 amide bonds. The summed E-state index contributed by atoms with van der Waals surface area (Å²) in [5.41, 5.74) is 3.89. The fourth-order valence-corrected chi connectivity index (χ4v) is 3.25. The molecule has 0 radical (unpaired) electrons. The lowest BCUT2D eigenvalue weighted by Crippen LogP contribution is -2.36. The molecule has 0 saturated heterocycles. The highest BCUT2D eigenvalue weighted by atomic mass is 127. The first-order valence-electron chi connectivity index (χ1n) is 9.99. The predicted molar refractivity (Wildman–Crippen MR) is 133 cm³/mol. The smallest absolute Gasteiger partial charge is 0.387 e. The lowest BCUT2D eigenvalue weighted by Gasteiger charge is -2.15. The number of halogens is 3. The molecular formula is C23H28F2IN5O. The zero-order valence-electron chi connectivity index (χ0n) is 18.3. The van der Waals surface area contributed by atoms with Crippen molar-refractivity contribution < 1.29 is 13.5 Å². The molecule has 2 aromatic carbocycles. The molecular weight excluding hydrogens is 527 g/mol. The van der Waals surface area contributed by atoms with Gasteiger partial charge in [0.2, 0.25) is 0 Å². The van der Waals surface area contributed by atoms with Gasteiger partial charge in [-0.15, -0.1) is 24.0 Å². The quantitative estimate of drug-likeness (QED) is 0.242. The van der Waals surface area contributed by atoms with Gasteiger partial charge in [-0.05, 0) is 31.0 Å². The van der Waals surface area contributed by atoms with Crippen LogP contribution in [0.2, 0.25) is 0 Å². The fraction of sp³-hybridized carbons (Fsp3) is 0.304. The van der Waals surface area contributed by atoms with E-state index in [1.807, 2.05) is 38.2 Å². The lowest BCUT2D eigenvalue weighted by molar-refractivity contribution is -0.0504. The average Bonchev–Trinajstić information content (AvgIpc) is 3.14. The molecule has 0 bridgehead atoms. The van der Waals surface area contributed by atoms with Crippen molar-refractivity contribution in [2.24, 2.45) is 4.99 Å². The minimum absolute atomic E-state index is 0. The molecule has 172 valence electrons. The summed E-state index contributed by atoms with van der Waals surface area (Å²) in [7, 11) is 1.67. The summed E-state index contributed by atoms with van der Waals surface area (Å²) in [4.78, 5) is 8.47. The van der Waals surface area contributed by atoms with Crippen LogP contribution in [0.25, 0.3) is 0 Å². The Hall–Kier alpha value is -2.69. The van der Waals surface area contributed by atoms with Crippen LogP contribution < -0.4 is 15.4 Å². The summed E-state index contributed by atoms with van der Waals surface area (Å²) < 4.78 is 32.0. The summed E-state index contributed by atoms with van der Waals surface area (Å²) in [6, 6.07) is 13.4. The second kappa shape index (κ2) is 12.4. The lowest BCUT2D eigenvalue weighted by atomic mass is 10.1. The van der Waals surface area contributed by atoms with Crippen LogP contribution >= 0.6 is 24.0 Å². The van der Waals surface area contributed by atoms with Gasteiger partial charge in [0, 0.05) is 44.6 Å². The minimum Gasteiger partial charge on any atom is -0.434 e. The van der Waals surface area contributed by atoms with Crippen LogP contribution in [0.5, 0.6) is 5.75 Å².